The number of rotatable bonds is 7. The molecule has 3 rings (SSSR count). The van der Waals surface area contributed by atoms with Crippen molar-refractivity contribution in [3.05, 3.63) is 23.0 Å². The van der Waals surface area contributed by atoms with Crippen LogP contribution >= 0.6 is 0 Å². The zero-order valence-electron chi connectivity index (χ0n) is 15.8. The maximum Gasteiger partial charge on any atom is 0.259 e. The summed E-state index contributed by atoms with van der Waals surface area (Å²) in [6, 6.07) is 1.82. The second-order valence-electron chi connectivity index (χ2n) is 7.11. The minimum absolute atomic E-state index is 0.108. The zero-order chi connectivity index (χ0) is 18.5. The van der Waals surface area contributed by atoms with E-state index in [1.807, 2.05) is 26.8 Å². The first kappa shape index (κ1) is 18.8. The van der Waals surface area contributed by atoms with Crippen LogP contribution in [0.25, 0.3) is 11.1 Å². The van der Waals surface area contributed by atoms with Crippen LogP contribution in [0.15, 0.2) is 10.6 Å². The van der Waals surface area contributed by atoms with Gasteiger partial charge in [-0.3, -0.25) is 4.79 Å². The van der Waals surface area contributed by atoms with E-state index in [-0.39, 0.29) is 12.0 Å². The van der Waals surface area contributed by atoms with Crippen molar-refractivity contribution in [2.45, 2.75) is 52.1 Å². The van der Waals surface area contributed by atoms with Crippen molar-refractivity contribution in [1.29, 1.82) is 0 Å². The highest BCUT2D eigenvalue weighted by molar-refractivity contribution is 6.06. The summed E-state index contributed by atoms with van der Waals surface area (Å²) < 4.78 is 11.0. The van der Waals surface area contributed by atoms with Gasteiger partial charge in [-0.25, -0.2) is 4.98 Å². The van der Waals surface area contributed by atoms with E-state index in [0.29, 0.717) is 30.3 Å². The topological polar surface area (TPSA) is 89.3 Å². The highest BCUT2D eigenvalue weighted by Gasteiger charge is 2.26. The van der Waals surface area contributed by atoms with Crippen LogP contribution in [-0.2, 0) is 4.74 Å². The molecule has 1 saturated heterocycles. The number of nitrogens with zero attached hydrogens (tertiary/aromatic N) is 2. The smallest absolute Gasteiger partial charge is 0.259 e. The fourth-order valence-electron chi connectivity index (χ4n) is 3.34. The van der Waals surface area contributed by atoms with Crippen LogP contribution in [0.2, 0.25) is 0 Å². The number of carbonyl (C=O) groups is 1. The van der Waals surface area contributed by atoms with Crippen LogP contribution in [0.1, 0.15) is 60.8 Å². The minimum atomic E-state index is -0.108. The van der Waals surface area contributed by atoms with Crippen LogP contribution in [-0.4, -0.2) is 48.4 Å². The molecule has 142 valence electrons. The molecule has 0 radical (unpaired) electrons. The lowest BCUT2D eigenvalue weighted by Gasteiger charge is -2.21. The summed E-state index contributed by atoms with van der Waals surface area (Å²) in [6.07, 6.45) is 2.96. The van der Waals surface area contributed by atoms with E-state index >= 15 is 0 Å². The third-order valence-electron chi connectivity index (χ3n) is 4.63. The lowest BCUT2D eigenvalue weighted by atomic mass is 9.91. The maximum atomic E-state index is 12.8. The van der Waals surface area contributed by atoms with E-state index in [9.17, 15) is 4.79 Å². The number of ether oxygens (including phenoxy) is 1. The van der Waals surface area contributed by atoms with Gasteiger partial charge in [0.25, 0.3) is 11.6 Å². The van der Waals surface area contributed by atoms with Crippen LogP contribution in [0.3, 0.4) is 0 Å². The van der Waals surface area contributed by atoms with Gasteiger partial charge in [0.05, 0.1) is 22.7 Å². The molecule has 0 aromatic carbocycles. The first-order valence-corrected chi connectivity index (χ1v) is 9.43. The van der Waals surface area contributed by atoms with E-state index < -0.39 is 0 Å². The number of hydrogen-bond donors (Lipinski definition) is 2. The second-order valence-corrected chi connectivity index (χ2v) is 7.11. The highest BCUT2D eigenvalue weighted by atomic mass is 16.5. The monoisotopic (exact) mass is 360 g/mol. The molecule has 3 heterocycles. The first-order chi connectivity index (χ1) is 12.6. The third kappa shape index (κ3) is 4.40. The number of nitrogens with one attached hydrogen (secondary N) is 2. The van der Waals surface area contributed by atoms with Crippen molar-refractivity contribution in [2.24, 2.45) is 0 Å². The summed E-state index contributed by atoms with van der Waals surface area (Å²) in [6.45, 7) is 8.98. The van der Waals surface area contributed by atoms with Crippen LogP contribution < -0.4 is 10.6 Å². The fourth-order valence-corrected chi connectivity index (χ4v) is 3.34. The van der Waals surface area contributed by atoms with Gasteiger partial charge in [0.1, 0.15) is 0 Å². The SMILES string of the molecule is Cc1cc(C(=O)NCCCOC(C)C)c2c(C3CCNCC3)noc2n1. The largest absolute Gasteiger partial charge is 0.379 e. The summed E-state index contributed by atoms with van der Waals surface area (Å²) >= 11 is 0. The number of pyridine rings is 1. The molecule has 0 aliphatic carbocycles. The van der Waals surface area contributed by atoms with E-state index in [0.717, 1.165) is 49.1 Å². The first-order valence-electron chi connectivity index (χ1n) is 9.43. The number of piperidine rings is 1. The molecule has 7 nitrogen and oxygen atoms in total. The Morgan fingerprint density at radius 1 is 1.42 bits per heavy atom. The predicted molar refractivity (Wildman–Crippen MR) is 99.4 cm³/mol. The van der Waals surface area contributed by atoms with Gasteiger partial charge < -0.3 is 19.9 Å². The summed E-state index contributed by atoms with van der Waals surface area (Å²) in [5.74, 6) is 0.191. The quantitative estimate of drug-likeness (QED) is 0.738. The molecule has 0 saturated carbocycles. The normalized spacial score (nSPS) is 15.7. The zero-order valence-corrected chi connectivity index (χ0v) is 15.8. The van der Waals surface area contributed by atoms with Crippen LogP contribution in [0.4, 0.5) is 0 Å². The Kier molecular flexibility index (Phi) is 6.21. The van der Waals surface area contributed by atoms with Crippen molar-refractivity contribution in [1.82, 2.24) is 20.8 Å². The molecule has 2 aromatic rings. The molecule has 2 N–H and O–H groups in total. The number of fused-ring (bicyclic) bond motifs is 1. The van der Waals surface area contributed by atoms with Crippen molar-refractivity contribution in [3.63, 3.8) is 0 Å². The van der Waals surface area contributed by atoms with E-state index in [2.05, 4.69) is 20.8 Å². The number of amides is 1. The molecule has 0 bridgehead atoms. The van der Waals surface area contributed by atoms with Gasteiger partial charge in [-0.1, -0.05) is 5.16 Å². The van der Waals surface area contributed by atoms with Crippen molar-refractivity contribution >= 4 is 17.0 Å². The van der Waals surface area contributed by atoms with Gasteiger partial charge in [-0.2, -0.15) is 0 Å². The maximum absolute atomic E-state index is 12.8. The number of hydrogen-bond acceptors (Lipinski definition) is 6. The van der Waals surface area contributed by atoms with Gasteiger partial charge in [0.15, 0.2) is 0 Å². The van der Waals surface area contributed by atoms with Crippen molar-refractivity contribution in [3.8, 4) is 0 Å². The van der Waals surface area contributed by atoms with Crippen molar-refractivity contribution < 1.29 is 14.1 Å². The van der Waals surface area contributed by atoms with Gasteiger partial charge >= 0.3 is 0 Å². The Morgan fingerprint density at radius 2 is 2.19 bits per heavy atom. The predicted octanol–water partition coefficient (Wildman–Crippen LogP) is 2.54. The van der Waals surface area contributed by atoms with Crippen LogP contribution in [0.5, 0.6) is 0 Å². The van der Waals surface area contributed by atoms with E-state index in [1.54, 1.807) is 0 Å². The molecular formula is C19H28N4O3. The molecule has 26 heavy (non-hydrogen) atoms. The molecule has 0 spiro atoms. The van der Waals surface area contributed by atoms with Gasteiger partial charge in [0.2, 0.25) is 0 Å². The lowest BCUT2D eigenvalue weighted by Crippen LogP contribution is -2.28. The Hall–Kier alpha value is -1.99. The van der Waals surface area contributed by atoms with Crippen molar-refractivity contribution in [2.75, 3.05) is 26.2 Å². The molecular weight excluding hydrogens is 332 g/mol. The standard InChI is InChI=1S/C19H28N4O3/c1-12(2)25-10-4-7-21-18(24)15-11-13(3)22-19-16(15)17(23-26-19)14-5-8-20-9-6-14/h11-12,14,20H,4-10H2,1-3H3,(H,21,24). The molecule has 7 heteroatoms. The molecule has 2 aromatic heterocycles. The number of aryl methyl sites for hydroxylation is 1. The Bertz CT molecular complexity index is 751. The summed E-state index contributed by atoms with van der Waals surface area (Å²) in [4.78, 5) is 17.2. The van der Waals surface area contributed by atoms with E-state index in [4.69, 9.17) is 9.26 Å². The van der Waals surface area contributed by atoms with Gasteiger partial charge in [-0.05, 0) is 59.2 Å². The number of carbonyl (C=O) groups excluding carboxylic acids is 1. The molecule has 1 fully saturated rings. The fraction of sp³-hybridized carbons (Fsp3) is 0.632. The molecule has 1 aliphatic heterocycles. The second kappa shape index (κ2) is 8.60. The van der Waals surface area contributed by atoms with E-state index in [1.165, 1.54) is 0 Å². The van der Waals surface area contributed by atoms with Gasteiger partial charge in [0, 0.05) is 24.8 Å². The molecule has 0 atom stereocenters. The minimum Gasteiger partial charge on any atom is -0.379 e. The third-order valence-corrected chi connectivity index (χ3v) is 4.63. The number of aromatic nitrogens is 2. The molecule has 1 amide bonds. The van der Waals surface area contributed by atoms with Gasteiger partial charge in [-0.15, -0.1) is 0 Å². The summed E-state index contributed by atoms with van der Waals surface area (Å²) in [7, 11) is 0. The molecule has 1 aliphatic rings. The summed E-state index contributed by atoms with van der Waals surface area (Å²) in [5.41, 5.74) is 2.67. The summed E-state index contributed by atoms with van der Waals surface area (Å²) in [5, 5.41) is 11.4. The Balaban J connectivity index is 1.77. The average Bonchev–Trinajstić information content (AvgIpc) is 3.04. The highest BCUT2D eigenvalue weighted by Crippen LogP contribution is 2.32. The Labute approximate surface area is 153 Å². The Morgan fingerprint density at radius 3 is 2.92 bits per heavy atom. The van der Waals surface area contributed by atoms with Crippen LogP contribution in [0, 0.1) is 6.92 Å². The molecule has 0 unspecified atom stereocenters. The average molecular weight is 360 g/mol. The lowest BCUT2D eigenvalue weighted by molar-refractivity contribution is 0.0757.